The molecule has 1 aliphatic rings. The Balaban J connectivity index is 1.87. The summed E-state index contributed by atoms with van der Waals surface area (Å²) in [5.41, 5.74) is 0.449. The van der Waals surface area contributed by atoms with Crippen LogP contribution in [-0.2, 0) is 11.3 Å². The molecule has 0 aromatic heterocycles. The summed E-state index contributed by atoms with van der Waals surface area (Å²) in [5.74, 6) is 0.748. The molecule has 1 fully saturated rings. The second-order valence-electron chi connectivity index (χ2n) is 6.68. The SMILES string of the molecule is COc1ccc(CN(C)CC(=O)NC2(C#N)CCCCCC2)cc1. The number of likely N-dealkylation sites (N-methyl/N-ethyl adjacent to an activating group) is 1. The van der Waals surface area contributed by atoms with Crippen LogP contribution in [0.25, 0.3) is 0 Å². The number of carbonyl (C=O) groups excluding carboxylic acids is 1. The van der Waals surface area contributed by atoms with Crippen molar-refractivity contribution < 1.29 is 9.53 Å². The van der Waals surface area contributed by atoms with Gasteiger partial charge in [0.25, 0.3) is 0 Å². The van der Waals surface area contributed by atoms with Crippen molar-refractivity contribution in [3.63, 3.8) is 0 Å². The minimum atomic E-state index is -0.672. The van der Waals surface area contributed by atoms with Gasteiger partial charge in [0.05, 0.1) is 19.7 Å². The number of benzene rings is 1. The molecule has 0 saturated heterocycles. The van der Waals surface area contributed by atoms with Gasteiger partial charge in [0.2, 0.25) is 5.91 Å². The first-order chi connectivity index (χ1) is 11.6. The van der Waals surface area contributed by atoms with Gasteiger partial charge in [-0.05, 0) is 37.6 Å². The van der Waals surface area contributed by atoms with E-state index in [9.17, 15) is 10.1 Å². The molecule has 1 saturated carbocycles. The van der Waals surface area contributed by atoms with Gasteiger partial charge in [-0.15, -0.1) is 0 Å². The first kappa shape index (κ1) is 18.3. The largest absolute Gasteiger partial charge is 0.497 e. The zero-order valence-corrected chi connectivity index (χ0v) is 14.7. The number of amides is 1. The van der Waals surface area contributed by atoms with Crippen LogP contribution in [0.15, 0.2) is 24.3 Å². The summed E-state index contributed by atoms with van der Waals surface area (Å²) in [6, 6.07) is 10.2. The summed E-state index contributed by atoms with van der Waals surface area (Å²) in [5, 5.41) is 12.5. The molecule has 1 aromatic rings. The van der Waals surface area contributed by atoms with Gasteiger partial charge in [0.15, 0.2) is 0 Å². The zero-order chi connectivity index (χ0) is 17.4. The monoisotopic (exact) mass is 329 g/mol. The van der Waals surface area contributed by atoms with E-state index in [4.69, 9.17) is 4.74 Å². The Labute approximate surface area is 144 Å². The zero-order valence-electron chi connectivity index (χ0n) is 14.7. The lowest BCUT2D eigenvalue weighted by Crippen LogP contribution is -2.49. The minimum Gasteiger partial charge on any atom is -0.497 e. The molecular formula is C19H27N3O2. The van der Waals surface area contributed by atoms with Crippen molar-refractivity contribution in [2.75, 3.05) is 20.7 Å². The lowest BCUT2D eigenvalue weighted by Gasteiger charge is -2.27. The molecule has 0 unspecified atom stereocenters. The van der Waals surface area contributed by atoms with Crippen LogP contribution in [0, 0.1) is 11.3 Å². The third-order valence-corrected chi connectivity index (χ3v) is 4.57. The van der Waals surface area contributed by atoms with Crippen LogP contribution in [-0.4, -0.2) is 37.0 Å². The number of nitrogens with one attached hydrogen (secondary N) is 1. The summed E-state index contributed by atoms with van der Waals surface area (Å²) in [7, 11) is 3.56. The average Bonchev–Trinajstić information content (AvgIpc) is 2.81. The van der Waals surface area contributed by atoms with Gasteiger partial charge in [0, 0.05) is 6.54 Å². The molecule has 5 heteroatoms. The maximum Gasteiger partial charge on any atom is 0.235 e. The van der Waals surface area contributed by atoms with Gasteiger partial charge >= 0.3 is 0 Å². The fourth-order valence-electron chi connectivity index (χ4n) is 3.25. The van der Waals surface area contributed by atoms with Crippen LogP contribution in [0.3, 0.4) is 0 Å². The van der Waals surface area contributed by atoms with Crippen molar-refractivity contribution in [1.82, 2.24) is 10.2 Å². The van der Waals surface area contributed by atoms with E-state index in [1.807, 2.05) is 36.2 Å². The van der Waals surface area contributed by atoms with Crippen LogP contribution in [0.5, 0.6) is 5.75 Å². The van der Waals surface area contributed by atoms with E-state index >= 15 is 0 Å². The standard InChI is InChI=1S/C19H27N3O2/c1-22(13-16-7-9-17(24-2)10-8-16)14-18(23)21-19(15-20)11-5-3-4-6-12-19/h7-10H,3-6,11-14H2,1-2H3,(H,21,23). The predicted molar refractivity (Wildman–Crippen MR) is 93.5 cm³/mol. The maximum atomic E-state index is 12.4. The van der Waals surface area contributed by atoms with E-state index in [1.54, 1.807) is 7.11 Å². The number of carbonyl (C=O) groups is 1. The Morgan fingerprint density at radius 3 is 2.42 bits per heavy atom. The molecule has 0 spiro atoms. The lowest BCUT2D eigenvalue weighted by molar-refractivity contribution is -0.123. The Morgan fingerprint density at radius 2 is 1.88 bits per heavy atom. The third kappa shape index (κ3) is 5.24. The molecule has 130 valence electrons. The molecule has 2 rings (SSSR count). The normalized spacial score (nSPS) is 16.9. The molecule has 0 bridgehead atoms. The third-order valence-electron chi connectivity index (χ3n) is 4.57. The summed E-state index contributed by atoms with van der Waals surface area (Å²) in [4.78, 5) is 14.3. The second-order valence-corrected chi connectivity index (χ2v) is 6.68. The number of nitriles is 1. The number of rotatable bonds is 6. The Hall–Kier alpha value is -2.06. The molecule has 1 aliphatic carbocycles. The van der Waals surface area contributed by atoms with Crippen LogP contribution in [0.1, 0.15) is 44.1 Å². The Bertz CT molecular complexity index is 569. The minimum absolute atomic E-state index is 0.0746. The van der Waals surface area contributed by atoms with Crippen LogP contribution in [0.2, 0.25) is 0 Å². The summed E-state index contributed by atoms with van der Waals surface area (Å²) < 4.78 is 5.15. The molecule has 1 amide bonds. The highest BCUT2D eigenvalue weighted by molar-refractivity contribution is 5.79. The van der Waals surface area contributed by atoms with E-state index in [-0.39, 0.29) is 12.5 Å². The molecule has 24 heavy (non-hydrogen) atoms. The second kappa shape index (κ2) is 8.70. The van der Waals surface area contributed by atoms with E-state index in [0.717, 1.165) is 49.8 Å². The first-order valence-electron chi connectivity index (χ1n) is 8.61. The van der Waals surface area contributed by atoms with Crippen molar-refractivity contribution in [3.05, 3.63) is 29.8 Å². The van der Waals surface area contributed by atoms with Crippen LogP contribution >= 0.6 is 0 Å². The van der Waals surface area contributed by atoms with Crippen molar-refractivity contribution in [2.24, 2.45) is 0 Å². The summed E-state index contributed by atoms with van der Waals surface area (Å²) >= 11 is 0. The van der Waals surface area contributed by atoms with E-state index in [2.05, 4.69) is 11.4 Å². The van der Waals surface area contributed by atoms with E-state index < -0.39 is 5.54 Å². The Morgan fingerprint density at radius 1 is 1.25 bits per heavy atom. The highest BCUT2D eigenvalue weighted by Crippen LogP contribution is 2.26. The van der Waals surface area contributed by atoms with E-state index in [0.29, 0.717) is 6.54 Å². The number of hydrogen-bond donors (Lipinski definition) is 1. The first-order valence-corrected chi connectivity index (χ1v) is 8.61. The van der Waals surface area contributed by atoms with Gasteiger partial charge in [-0.3, -0.25) is 9.69 Å². The smallest absolute Gasteiger partial charge is 0.235 e. The molecule has 1 aromatic carbocycles. The molecule has 0 aliphatic heterocycles. The quantitative estimate of drug-likeness (QED) is 0.815. The number of ether oxygens (including phenoxy) is 1. The topological polar surface area (TPSA) is 65.4 Å². The fourth-order valence-corrected chi connectivity index (χ4v) is 3.25. The lowest BCUT2D eigenvalue weighted by atomic mass is 9.92. The Kier molecular flexibility index (Phi) is 6.62. The van der Waals surface area contributed by atoms with Gasteiger partial charge in [-0.1, -0.05) is 37.8 Å². The van der Waals surface area contributed by atoms with Crippen LogP contribution < -0.4 is 10.1 Å². The number of methoxy groups -OCH3 is 1. The molecule has 5 nitrogen and oxygen atoms in total. The molecule has 0 radical (unpaired) electrons. The highest BCUT2D eigenvalue weighted by Gasteiger charge is 2.32. The number of nitrogens with zero attached hydrogens (tertiary/aromatic N) is 2. The average molecular weight is 329 g/mol. The maximum absolute atomic E-state index is 12.4. The molecule has 0 heterocycles. The van der Waals surface area contributed by atoms with Gasteiger partial charge < -0.3 is 10.1 Å². The van der Waals surface area contributed by atoms with Crippen molar-refractivity contribution in [2.45, 2.75) is 50.6 Å². The van der Waals surface area contributed by atoms with Gasteiger partial charge in [-0.25, -0.2) is 0 Å². The fraction of sp³-hybridized carbons (Fsp3) is 0.579. The molecule has 1 N–H and O–H groups in total. The van der Waals surface area contributed by atoms with Gasteiger partial charge in [-0.2, -0.15) is 5.26 Å². The molecule has 0 atom stereocenters. The van der Waals surface area contributed by atoms with Crippen molar-refractivity contribution in [1.29, 1.82) is 5.26 Å². The number of hydrogen-bond acceptors (Lipinski definition) is 4. The summed E-state index contributed by atoms with van der Waals surface area (Å²) in [6.07, 6.45) is 5.84. The van der Waals surface area contributed by atoms with Gasteiger partial charge in [0.1, 0.15) is 11.3 Å². The molecular weight excluding hydrogens is 302 g/mol. The highest BCUT2D eigenvalue weighted by atomic mass is 16.5. The van der Waals surface area contributed by atoms with E-state index in [1.165, 1.54) is 0 Å². The van der Waals surface area contributed by atoms with Crippen molar-refractivity contribution in [3.8, 4) is 11.8 Å². The van der Waals surface area contributed by atoms with Crippen molar-refractivity contribution >= 4 is 5.91 Å². The van der Waals surface area contributed by atoms with Crippen LogP contribution in [0.4, 0.5) is 0 Å². The predicted octanol–water partition coefficient (Wildman–Crippen LogP) is 2.86. The summed E-state index contributed by atoms with van der Waals surface area (Å²) in [6.45, 7) is 0.965.